The van der Waals surface area contributed by atoms with Crippen LogP contribution in [-0.4, -0.2) is 35.9 Å². The van der Waals surface area contributed by atoms with E-state index in [0.29, 0.717) is 5.56 Å². The zero-order valence-corrected chi connectivity index (χ0v) is 12.4. The van der Waals surface area contributed by atoms with Gasteiger partial charge in [-0.25, -0.2) is 12.8 Å². The fourth-order valence-corrected chi connectivity index (χ4v) is 3.66. The molecule has 0 aliphatic heterocycles. The Morgan fingerprint density at radius 2 is 1.75 bits per heavy atom. The minimum Gasteiger partial charge on any atom is -0.480 e. The Morgan fingerprint density at radius 3 is 2.15 bits per heavy atom. The highest BCUT2D eigenvalue weighted by atomic mass is 32.2. The van der Waals surface area contributed by atoms with Gasteiger partial charge in [-0.2, -0.15) is 4.31 Å². The van der Waals surface area contributed by atoms with Gasteiger partial charge in [-0.05, 0) is 38.5 Å². The molecule has 0 aliphatic carbocycles. The van der Waals surface area contributed by atoms with Crippen LogP contribution in [0, 0.1) is 5.82 Å². The number of benzene rings is 1. The van der Waals surface area contributed by atoms with E-state index in [1.807, 2.05) is 0 Å². The van der Waals surface area contributed by atoms with E-state index in [1.165, 1.54) is 24.3 Å². The smallest absolute Gasteiger partial charge is 0.318 e. The molecule has 0 bridgehead atoms. The highest BCUT2D eigenvalue weighted by molar-refractivity contribution is 7.88. The summed E-state index contributed by atoms with van der Waals surface area (Å²) in [5.74, 6) is -2.04. The molecule has 0 saturated heterocycles. The molecular weight excluding hydrogens is 285 g/mol. The van der Waals surface area contributed by atoms with Crippen LogP contribution in [-0.2, 0) is 20.6 Å². The third kappa shape index (κ3) is 4.57. The van der Waals surface area contributed by atoms with Gasteiger partial charge in [0.05, 0.1) is 5.75 Å². The normalized spacial score (nSPS) is 12.7. The number of sulfonamides is 1. The van der Waals surface area contributed by atoms with Crippen LogP contribution in [0.3, 0.4) is 0 Å². The predicted molar refractivity (Wildman–Crippen MR) is 73.1 cm³/mol. The third-order valence-corrected chi connectivity index (χ3v) is 4.67. The van der Waals surface area contributed by atoms with Gasteiger partial charge in [-0.1, -0.05) is 12.1 Å². The molecule has 0 radical (unpaired) electrons. The Morgan fingerprint density at radius 1 is 1.25 bits per heavy atom. The molecule has 1 rings (SSSR count). The van der Waals surface area contributed by atoms with Crippen molar-refractivity contribution in [3.05, 3.63) is 35.6 Å². The topological polar surface area (TPSA) is 74.7 Å². The van der Waals surface area contributed by atoms with Crippen LogP contribution < -0.4 is 0 Å². The van der Waals surface area contributed by atoms with Gasteiger partial charge in [-0.3, -0.25) is 4.79 Å². The zero-order chi connectivity index (χ0) is 15.6. The van der Waals surface area contributed by atoms with E-state index >= 15 is 0 Å². The monoisotopic (exact) mass is 303 g/mol. The predicted octanol–water partition coefficient (Wildman–Crippen LogP) is 1.84. The molecule has 5 nitrogen and oxygen atoms in total. The van der Waals surface area contributed by atoms with Crippen molar-refractivity contribution in [2.75, 3.05) is 6.54 Å². The first-order chi connectivity index (χ1) is 9.02. The summed E-state index contributed by atoms with van der Waals surface area (Å²) in [7, 11) is -3.81. The van der Waals surface area contributed by atoms with Crippen LogP contribution in [0.4, 0.5) is 4.39 Å². The quantitative estimate of drug-likeness (QED) is 0.900. The van der Waals surface area contributed by atoms with Crippen LogP contribution >= 0.6 is 0 Å². The van der Waals surface area contributed by atoms with Gasteiger partial charge >= 0.3 is 5.97 Å². The Balaban J connectivity index is 3.05. The van der Waals surface area contributed by atoms with Crippen molar-refractivity contribution in [3.63, 3.8) is 0 Å². The molecule has 1 aromatic carbocycles. The van der Waals surface area contributed by atoms with E-state index in [-0.39, 0.29) is 5.75 Å². The van der Waals surface area contributed by atoms with E-state index in [1.54, 1.807) is 20.8 Å². The van der Waals surface area contributed by atoms with E-state index in [9.17, 15) is 17.6 Å². The molecule has 7 heteroatoms. The number of carboxylic acid groups (broad SMARTS) is 1. The number of hydrogen-bond acceptors (Lipinski definition) is 3. The molecule has 112 valence electrons. The summed E-state index contributed by atoms with van der Waals surface area (Å²) in [6.07, 6.45) is 0. The first kappa shape index (κ1) is 16.6. The Labute approximate surface area is 118 Å². The zero-order valence-electron chi connectivity index (χ0n) is 11.6. The number of carbonyl (C=O) groups is 1. The van der Waals surface area contributed by atoms with Crippen LogP contribution in [0.2, 0.25) is 0 Å². The van der Waals surface area contributed by atoms with Crippen molar-refractivity contribution in [2.24, 2.45) is 0 Å². The van der Waals surface area contributed by atoms with Crippen LogP contribution in [0.25, 0.3) is 0 Å². The summed E-state index contributed by atoms with van der Waals surface area (Å²) in [6, 6.07) is 5.08. The summed E-state index contributed by atoms with van der Waals surface area (Å²) >= 11 is 0. The summed E-state index contributed by atoms with van der Waals surface area (Å²) in [4.78, 5) is 10.8. The number of carboxylic acids is 1. The summed E-state index contributed by atoms with van der Waals surface area (Å²) in [5, 5.41) is 8.86. The fourth-order valence-electron chi connectivity index (χ4n) is 1.74. The summed E-state index contributed by atoms with van der Waals surface area (Å²) in [6.45, 7) is 4.27. The van der Waals surface area contributed by atoms with Crippen LogP contribution in [0.5, 0.6) is 0 Å². The fraction of sp³-hybridized carbons (Fsp3) is 0.462. The lowest BCUT2D eigenvalue weighted by molar-refractivity contribution is -0.138. The summed E-state index contributed by atoms with van der Waals surface area (Å²) in [5.41, 5.74) is -0.442. The molecule has 0 saturated carbocycles. The number of rotatable bonds is 5. The Hall–Kier alpha value is -1.47. The average Bonchev–Trinajstić information content (AvgIpc) is 2.27. The van der Waals surface area contributed by atoms with Crippen molar-refractivity contribution in [1.82, 2.24) is 4.31 Å². The summed E-state index contributed by atoms with van der Waals surface area (Å²) < 4.78 is 38.4. The molecule has 0 aromatic heterocycles. The van der Waals surface area contributed by atoms with Gasteiger partial charge in [0.25, 0.3) is 0 Å². The van der Waals surface area contributed by atoms with Gasteiger partial charge in [0.1, 0.15) is 12.4 Å². The van der Waals surface area contributed by atoms with E-state index in [2.05, 4.69) is 0 Å². The molecule has 1 N–H and O–H groups in total. The number of hydrogen-bond donors (Lipinski definition) is 1. The van der Waals surface area contributed by atoms with Crippen molar-refractivity contribution in [2.45, 2.75) is 32.1 Å². The molecule has 0 fully saturated rings. The molecular formula is C13H18FNO4S. The molecule has 0 aliphatic rings. The second-order valence-corrected chi connectivity index (χ2v) is 7.35. The van der Waals surface area contributed by atoms with Crippen LogP contribution in [0.1, 0.15) is 26.3 Å². The molecule has 0 unspecified atom stereocenters. The van der Waals surface area contributed by atoms with Crippen molar-refractivity contribution < 1.29 is 22.7 Å². The van der Waals surface area contributed by atoms with E-state index < -0.39 is 33.9 Å². The first-order valence-electron chi connectivity index (χ1n) is 5.99. The first-order valence-corrected chi connectivity index (χ1v) is 7.60. The molecule has 0 spiro atoms. The molecule has 20 heavy (non-hydrogen) atoms. The number of nitrogens with zero attached hydrogens (tertiary/aromatic N) is 1. The lowest BCUT2D eigenvalue weighted by Gasteiger charge is -2.33. The molecule has 0 atom stereocenters. The third-order valence-electron chi connectivity index (χ3n) is 2.63. The van der Waals surface area contributed by atoms with Gasteiger partial charge in [0.2, 0.25) is 10.0 Å². The number of halogens is 1. The largest absolute Gasteiger partial charge is 0.480 e. The lowest BCUT2D eigenvalue weighted by Crippen LogP contribution is -2.48. The molecule has 1 aromatic rings. The lowest BCUT2D eigenvalue weighted by atomic mass is 10.1. The Kier molecular flexibility index (Phi) is 4.88. The standard InChI is InChI=1S/C13H18FNO4S/c1-13(2,3)15(8-12(16)17)20(18,19)9-10-4-6-11(14)7-5-10/h4-7H,8-9H2,1-3H3,(H,16,17). The van der Waals surface area contributed by atoms with Crippen molar-refractivity contribution in [3.8, 4) is 0 Å². The average molecular weight is 303 g/mol. The number of aliphatic carboxylic acids is 1. The van der Waals surface area contributed by atoms with Gasteiger partial charge in [-0.15, -0.1) is 0 Å². The maximum absolute atomic E-state index is 12.8. The maximum atomic E-state index is 12.8. The maximum Gasteiger partial charge on any atom is 0.318 e. The highest BCUT2D eigenvalue weighted by Gasteiger charge is 2.34. The minimum absolute atomic E-state index is 0.363. The van der Waals surface area contributed by atoms with Crippen molar-refractivity contribution >= 4 is 16.0 Å². The highest BCUT2D eigenvalue weighted by Crippen LogP contribution is 2.21. The Bertz CT molecular complexity index is 575. The van der Waals surface area contributed by atoms with Gasteiger partial charge in [0.15, 0.2) is 0 Å². The SMILES string of the molecule is CC(C)(C)N(CC(=O)O)S(=O)(=O)Cc1ccc(F)cc1. The molecule has 0 heterocycles. The van der Waals surface area contributed by atoms with Gasteiger partial charge < -0.3 is 5.11 Å². The molecule has 0 amide bonds. The van der Waals surface area contributed by atoms with E-state index in [4.69, 9.17) is 5.11 Å². The van der Waals surface area contributed by atoms with E-state index in [0.717, 1.165) is 4.31 Å². The second-order valence-electron chi connectivity index (χ2n) is 5.45. The van der Waals surface area contributed by atoms with Crippen LogP contribution in [0.15, 0.2) is 24.3 Å². The second kappa shape index (κ2) is 5.88. The van der Waals surface area contributed by atoms with Gasteiger partial charge in [0, 0.05) is 5.54 Å². The minimum atomic E-state index is -3.81. The van der Waals surface area contributed by atoms with Crippen molar-refractivity contribution in [1.29, 1.82) is 0 Å².